The van der Waals surface area contributed by atoms with E-state index in [0.29, 0.717) is 6.04 Å². The fourth-order valence-corrected chi connectivity index (χ4v) is 2.30. The maximum atomic E-state index is 11.6. The van der Waals surface area contributed by atoms with E-state index in [1.54, 1.807) is 0 Å². The predicted octanol–water partition coefficient (Wildman–Crippen LogP) is 0.671. The summed E-state index contributed by atoms with van der Waals surface area (Å²) in [6, 6.07) is 0.466. The lowest BCUT2D eigenvalue weighted by Gasteiger charge is -2.27. The van der Waals surface area contributed by atoms with Crippen LogP contribution >= 0.6 is 0 Å². The SMILES string of the molecule is Cc1nc(C)n(CCCC(C)(NC2CC2)C(N)=O)n1. The van der Waals surface area contributed by atoms with Crippen molar-refractivity contribution in [1.82, 2.24) is 20.1 Å². The van der Waals surface area contributed by atoms with Crippen LogP contribution in [0.1, 0.15) is 44.3 Å². The fraction of sp³-hybridized carbons (Fsp3) is 0.769. The van der Waals surface area contributed by atoms with Crippen molar-refractivity contribution < 1.29 is 4.79 Å². The topological polar surface area (TPSA) is 85.8 Å². The third-order valence-electron chi connectivity index (χ3n) is 3.65. The highest BCUT2D eigenvalue weighted by Crippen LogP contribution is 2.24. The number of amides is 1. The molecule has 2 rings (SSSR count). The molecular weight excluding hydrogens is 242 g/mol. The van der Waals surface area contributed by atoms with Crippen molar-refractivity contribution in [3.63, 3.8) is 0 Å². The molecule has 1 aliphatic carbocycles. The van der Waals surface area contributed by atoms with Crippen LogP contribution in [0, 0.1) is 13.8 Å². The lowest BCUT2D eigenvalue weighted by Crippen LogP contribution is -2.54. The average molecular weight is 265 g/mol. The van der Waals surface area contributed by atoms with Crippen molar-refractivity contribution in [2.45, 2.75) is 64.6 Å². The molecule has 19 heavy (non-hydrogen) atoms. The molecule has 1 atom stereocenters. The number of nitrogens with zero attached hydrogens (tertiary/aromatic N) is 3. The Hall–Kier alpha value is -1.43. The third-order valence-corrected chi connectivity index (χ3v) is 3.65. The first-order valence-electron chi connectivity index (χ1n) is 6.86. The average Bonchev–Trinajstić information content (AvgIpc) is 3.05. The van der Waals surface area contributed by atoms with Crippen molar-refractivity contribution in [3.05, 3.63) is 11.6 Å². The molecule has 0 saturated heterocycles. The molecule has 6 nitrogen and oxygen atoms in total. The van der Waals surface area contributed by atoms with Crippen LogP contribution in [-0.2, 0) is 11.3 Å². The molecule has 1 aliphatic rings. The van der Waals surface area contributed by atoms with Crippen molar-refractivity contribution in [2.24, 2.45) is 5.73 Å². The summed E-state index contributed by atoms with van der Waals surface area (Å²) >= 11 is 0. The molecule has 0 aliphatic heterocycles. The number of carbonyl (C=O) groups is 1. The number of nitrogens with one attached hydrogen (secondary N) is 1. The van der Waals surface area contributed by atoms with E-state index in [2.05, 4.69) is 15.4 Å². The summed E-state index contributed by atoms with van der Waals surface area (Å²) in [7, 11) is 0. The number of carbonyl (C=O) groups excluding carboxylic acids is 1. The van der Waals surface area contributed by atoms with Gasteiger partial charge in [0.15, 0.2) is 0 Å². The quantitative estimate of drug-likeness (QED) is 0.758. The van der Waals surface area contributed by atoms with Gasteiger partial charge in [-0.15, -0.1) is 0 Å². The Morgan fingerprint density at radius 3 is 2.68 bits per heavy atom. The summed E-state index contributed by atoms with van der Waals surface area (Å²) < 4.78 is 1.88. The zero-order valence-corrected chi connectivity index (χ0v) is 11.9. The molecule has 106 valence electrons. The zero-order chi connectivity index (χ0) is 14.0. The number of aryl methyl sites for hydroxylation is 3. The van der Waals surface area contributed by atoms with Crippen LogP contribution in [-0.4, -0.2) is 32.3 Å². The van der Waals surface area contributed by atoms with Gasteiger partial charge in [-0.2, -0.15) is 5.10 Å². The summed E-state index contributed by atoms with van der Waals surface area (Å²) in [6.07, 6.45) is 3.86. The van der Waals surface area contributed by atoms with E-state index in [-0.39, 0.29) is 5.91 Å². The lowest BCUT2D eigenvalue weighted by atomic mass is 9.94. The molecule has 0 bridgehead atoms. The molecule has 1 amide bonds. The van der Waals surface area contributed by atoms with Gasteiger partial charge in [0.05, 0.1) is 5.54 Å². The van der Waals surface area contributed by atoms with Gasteiger partial charge in [-0.3, -0.25) is 9.48 Å². The van der Waals surface area contributed by atoms with Gasteiger partial charge in [0.25, 0.3) is 0 Å². The largest absolute Gasteiger partial charge is 0.368 e. The molecule has 3 N–H and O–H groups in total. The van der Waals surface area contributed by atoms with Crippen LogP contribution < -0.4 is 11.1 Å². The van der Waals surface area contributed by atoms with Gasteiger partial charge in [-0.25, -0.2) is 4.98 Å². The highest BCUT2D eigenvalue weighted by atomic mass is 16.1. The van der Waals surface area contributed by atoms with E-state index in [4.69, 9.17) is 5.73 Å². The van der Waals surface area contributed by atoms with Crippen LogP contribution in [0.15, 0.2) is 0 Å². The second-order valence-corrected chi connectivity index (χ2v) is 5.65. The normalized spacial score (nSPS) is 18.3. The molecule has 6 heteroatoms. The van der Waals surface area contributed by atoms with Crippen LogP contribution in [0.5, 0.6) is 0 Å². The summed E-state index contributed by atoms with van der Waals surface area (Å²) in [5, 5.41) is 7.67. The summed E-state index contributed by atoms with van der Waals surface area (Å²) in [4.78, 5) is 15.9. The van der Waals surface area contributed by atoms with Crippen LogP contribution in [0.3, 0.4) is 0 Å². The van der Waals surface area contributed by atoms with Crippen molar-refractivity contribution in [2.75, 3.05) is 0 Å². The van der Waals surface area contributed by atoms with E-state index in [1.165, 1.54) is 0 Å². The second kappa shape index (κ2) is 5.28. The molecule has 0 spiro atoms. The number of hydrogen-bond donors (Lipinski definition) is 2. The number of primary amides is 1. The maximum absolute atomic E-state index is 11.6. The minimum atomic E-state index is -0.606. The van der Waals surface area contributed by atoms with Crippen LogP contribution in [0.4, 0.5) is 0 Å². The molecule has 1 saturated carbocycles. The van der Waals surface area contributed by atoms with E-state index >= 15 is 0 Å². The first-order valence-corrected chi connectivity index (χ1v) is 6.86. The van der Waals surface area contributed by atoms with Gasteiger partial charge < -0.3 is 11.1 Å². The molecule has 1 unspecified atom stereocenters. The van der Waals surface area contributed by atoms with E-state index < -0.39 is 5.54 Å². The van der Waals surface area contributed by atoms with Crippen LogP contribution in [0.25, 0.3) is 0 Å². The summed E-state index contributed by atoms with van der Waals surface area (Å²) in [5.41, 5.74) is 4.92. The number of hydrogen-bond acceptors (Lipinski definition) is 4. The van der Waals surface area contributed by atoms with E-state index in [1.807, 2.05) is 25.5 Å². The Morgan fingerprint density at radius 1 is 1.53 bits per heavy atom. The van der Waals surface area contributed by atoms with Gasteiger partial charge >= 0.3 is 0 Å². The number of aromatic nitrogens is 3. The summed E-state index contributed by atoms with van der Waals surface area (Å²) in [5.74, 6) is 1.42. The highest BCUT2D eigenvalue weighted by Gasteiger charge is 2.36. The minimum absolute atomic E-state index is 0.272. The Morgan fingerprint density at radius 2 is 2.21 bits per heavy atom. The number of nitrogens with two attached hydrogens (primary N) is 1. The standard InChI is InChI=1S/C13H23N5O/c1-9-15-10(2)18(17-9)8-4-7-13(3,12(14)19)16-11-5-6-11/h11,16H,4-8H2,1-3H3,(H2,14,19). The third kappa shape index (κ3) is 3.53. The molecule has 0 aromatic carbocycles. The molecule has 1 heterocycles. The monoisotopic (exact) mass is 265 g/mol. The Bertz CT molecular complexity index is 466. The molecule has 0 radical (unpaired) electrons. The van der Waals surface area contributed by atoms with Crippen molar-refractivity contribution in [3.8, 4) is 0 Å². The van der Waals surface area contributed by atoms with Gasteiger partial charge in [-0.05, 0) is 46.5 Å². The van der Waals surface area contributed by atoms with Gasteiger partial charge in [-0.1, -0.05) is 0 Å². The van der Waals surface area contributed by atoms with Gasteiger partial charge in [0.1, 0.15) is 11.6 Å². The van der Waals surface area contributed by atoms with E-state index in [0.717, 1.165) is 43.9 Å². The van der Waals surface area contributed by atoms with Crippen molar-refractivity contribution in [1.29, 1.82) is 0 Å². The number of rotatable bonds is 7. The Kier molecular flexibility index (Phi) is 3.89. The van der Waals surface area contributed by atoms with Gasteiger partial charge in [0, 0.05) is 12.6 Å². The first kappa shape index (κ1) is 14.0. The van der Waals surface area contributed by atoms with Crippen LogP contribution in [0.2, 0.25) is 0 Å². The maximum Gasteiger partial charge on any atom is 0.237 e. The van der Waals surface area contributed by atoms with Crippen molar-refractivity contribution >= 4 is 5.91 Å². The molecule has 1 aromatic rings. The molecular formula is C13H23N5O. The Balaban J connectivity index is 1.88. The molecule has 1 fully saturated rings. The second-order valence-electron chi connectivity index (χ2n) is 5.65. The highest BCUT2D eigenvalue weighted by molar-refractivity contribution is 5.84. The lowest BCUT2D eigenvalue weighted by molar-refractivity contribution is -0.124. The smallest absolute Gasteiger partial charge is 0.237 e. The van der Waals surface area contributed by atoms with Gasteiger partial charge in [0.2, 0.25) is 5.91 Å². The van der Waals surface area contributed by atoms with E-state index in [9.17, 15) is 4.79 Å². The fourth-order valence-electron chi connectivity index (χ4n) is 2.30. The predicted molar refractivity (Wildman–Crippen MR) is 72.5 cm³/mol. The Labute approximate surface area is 113 Å². The molecule has 1 aromatic heterocycles. The summed E-state index contributed by atoms with van der Waals surface area (Å²) in [6.45, 7) is 6.48. The zero-order valence-electron chi connectivity index (χ0n) is 11.9. The minimum Gasteiger partial charge on any atom is -0.368 e. The first-order chi connectivity index (χ1) is 8.90.